The summed E-state index contributed by atoms with van der Waals surface area (Å²) in [5.74, 6) is 1.94. The van der Waals surface area contributed by atoms with E-state index in [0.29, 0.717) is 17.4 Å². The number of carbonyl (C=O) groups excluding carboxylic acids is 1. The van der Waals surface area contributed by atoms with E-state index in [2.05, 4.69) is 39.3 Å². The van der Waals surface area contributed by atoms with Crippen molar-refractivity contribution in [2.75, 3.05) is 35.2 Å². The number of nitrogens with one attached hydrogen (secondary N) is 2. The quantitative estimate of drug-likeness (QED) is 0.523. The van der Waals surface area contributed by atoms with Crippen molar-refractivity contribution in [1.29, 1.82) is 0 Å². The van der Waals surface area contributed by atoms with E-state index in [4.69, 9.17) is 4.74 Å². The minimum absolute atomic E-state index is 0.0455. The van der Waals surface area contributed by atoms with Crippen molar-refractivity contribution in [3.05, 3.63) is 65.9 Å². The molecule has 1 amide bonds. The Hall–Kier alpha value is -3.61. The van der Waals surface area contributed by atoms with Crippen LogP contribution in [0.1, 0.15) is 25.1 Å². The van der Waals surface area contributed by atoms with Gasteiger partial charge in [-0.2, -0.15) is 4.98 Å². The molecule has 0 unspecified atom stereocenters. The van der Waals surface area contributed by atoms with Crippen molar-refractivity contribution < 1.29 is 9.53 Å². The molecule has 1 aromatic heterocycles. The summed E-state index contributed by atoms with van der Waals surface area (Å²) >= 11 is 0. The van der Waals surface area contributed by atoms with Crippen LogP contribution in [0.4, 0.5) is 23.1 Å². The lowest BCUT2D eigenvalue weighted by atomic mass is 10.2. The molecule has 0 saturated carbocycles. The summed E-state index contributed by atoms with van der Waals surface area (Å²) in [6.07, 6.45) is 0. The Bertz CT molecular complexity index is 1020. The predicted molar refractivity (Wildman–Crippen MR) is 125 cm³/mol. The van der Waals surface area contributed by atoms with Crippen molar-refractivity contribution in [3.63, 3.8) is 0 Å². The molecule has 3 aromatic rings. The Labute approximate surface area is 183 Å². The molecule has 0 aliphatic rings. The van der Waals surface area contributed by atoms with Crippen molar-refractivity contribution in [2.24, 2.45) is 0 Å². The first-order chi connectivity index (χ1) is 15.0. The predicted octanol–water partition coefficient (Wildman–Crippen LogP) is 4.70. The molecule has 0 aliphatic carbocycles. The molecular weight excluding hydrogens is 390 g/mol. The third-order valence-electron chi connectivity index (χ3n) is 4.81. The van der Waals surface area contributed by atoms with Gasteiger partial charge in [0, 0.05) is 36.2 Å². The highest BCUT2D eigenvalue weighted by molar-refractivity contribution is 5.92. The molecule has 0 aliphatic heterocycles. The standard InChI is InChI=1S/C24H29N5O2/c1-5-29(6-2)22-15-18(4)25-24(28-22)27-20-13-11-19(12-14-20)26-23(30)16-31-21-10-8-7-9-17(21)3/h7-15H,5-6,16H2,1-4H3,(H,26,30)(H,25,27,28). The number of para-hydroxylation sites is 1. The third-order valence-corrected chi connectivity index (χ3v) is 4.81. The fourth-order valence-electron chi connectivity index (χ4n) is 3.14. The Morgan fingerprint density at radius 2 is 1.65 bits per heavy atom. The van der Waals surface area contributed by atoms with Crippen molar-refractivity contribution in [3.8, 4) is 5.75 Å². The van der Waals surface area contributed by atoms with Crippen LogP contribution in [0.15, 0.2) is 54.6 Å². The average Bonchev–Trinajstić information content (AvgIpc) is 2.75. The maximum absolute atomic E-state index is 12.2. The second kappa shape index (κ2) is 10.4. The topological polar surface area (TPSA) is 79.4 Å². The Morgan fingerprint density at radius 3 is 2.32 bits per heavy atom. The van der Waals surface area contributed by atoms with Gasteiger partial charge >= 0.3 is 0 Å². The number of nitrogens with zero attached hydrogens (tertiary/aromatic N) is 3. The number of aryl methyl sites for hydroxylation is 2. The molecular formula is C24H29N5O2. The molecule has 7 heteroatoms. The Balaban J connectivity index is 1.59. The minimum atomic E-state index is -0.213. The van der Waals surface area contributed by atoms with Crippen LogP contribution >= 0.6 is 0 Å². The number of benzene rings is 2. The monoisotopic (exact) mass is 419 g/mol. The highest BCUT2D eigenvalue weighted by atomic mass is 16.5. The summed E-state index contributed by atoms with van der Waals surface area (Å²) in [7, 11) is 0. The summed E-state index contributed by atoms with van der Waals surface area (Å²) in [6, 6.07) is 17.0. The zero-order valence-corrected chi connectivity index (χ0v) is 18.5. The molecule has 0 fully saturated rings. The van der Waals surface area contributed by atoms with Crippen LogP contribution < -0.4 is 20.3 Å². The molecule has 0 bridgehead atoms. The number of ether oxygens (including phenoxy) is 1. The van der Waals surface area contributed by atoms with E-state index in [1.54, 1.807) is 0 Å². The molecule has 1 heterocycles. The summed E-state index contributed by atoms with van der Waals surface area (Å²) < 4.78 is 5.59. The Kier molecular flexibility index (Phi) is 7.43. The second-order valence-electron chi connectivity index (χ2n) is 7.17. The van der Waals surface area contributed by atoms with Crippen molar-refractivity contribution in [1.82, 2.24) is 9.97 Å². The minimum Gasteiger partial charge on any atom is -0.483 e. The van der Waals surface area contributed by atoms with Crippen LogP contribution in [-0.4, -0.2) is 35.6 Å². The molecule has 162 valence electrons. The van der Waals surface area contributed by atoms with Crippen LogP contribution in [0.2, 0.25) is 0 Å². The molecule has 0 radical (unpaired) electrons. The van der Waals surface area contributed by atoms with Crippen molar-refractivity contribution in [2.45, 2.75) is 27.7 Å². The van der Waals surface area contributed by atoms with Crippen molar-refractivity contribution >= 4 is 29.0 Å². The summed E-state index contributed by atoms with van der Waals surface area (Å²) in [5, 5.41) is 6.08. The number of amides is 1. The SMILES string of the molecule is CCN(CC)c1cc(C)nc(Nc2ccc(NC(=O)COc3ccccc3C)cc2)n1. The number of carbonyl (C=O) groups is 1. The fourth-order valence-corrected chi connectivity index (χ4v) is 3.14. The average molecular weight is 420 g/mol. The first-order valence-corrected chi connectivity index (χ1v) is 10.4. The molecule has 3 rings (SSSR count). The van der Waals surface area contributed by atoms with Gasteiger partial charge in [0.05, 0.1) is 0 Å². The van der Waals surface area contributed by atoms with Gasteiger partial charge in [0.25, 0.3) is 5.91 Å². The first kappa shape index (κ1) is 22.1. The van der Waals surface area contributed by atoms with Crippen LogP contribution in [-0.2, 0) is 4.79 Å². The van der Waals surface area contributed by atoms with Gasteiger partial charge in [-0.3, -0.25) is 4.79 Å². The van der Waals surface area contributed by atoms with E-state index in [9.17, 15) is 4.79 Å². The zero-order chi connectivity index (χ0) is 22.2. The van der Waals surface area contributed by atoms with Gasteiger partial charge in [-0.1, -0.05) is 18.2 Å². The van der Waals surface area contributed by atoms with Gasteiger partial charge in [0.1, 0.15) is 11.6 Å². The van der Waals surface area contributed by atoms with E-state index in [1.807, 2.05) is 68.4 Å². The van der Waals surface area contributed by atoms with Crippen LogP contribution in [0.25, 0.3) is 0 Å². The summed E-state index contributed by atoms with van der Waals surface area (Å²) in [4.78, 5) is 23.5. The van der Waals surface area contributed by atoms with Gasteiger partial charge in [-0.05, 0) is 63.6 Å². The largest absolute Gasteiger partial charge is 0.483 e. The van der Waals surface area contributed by atoms with Gasteiger partial charge in [-0.25, -0.2) is 4.98 Å². The summed E-state index contributed by atoms with van der Waals surface area (Å²) in [6.45, 7) is 9.83. The zero-order valence-electron chi connectivity index (χ0n) is 18.5. The van der Waals surface area contributed by atoms with E-state index in [-0.39, 0.29) is 12.5 Å². The number of aromatic nitrogens is 2. The number of hydrogen-bond donors (Lipinski definition) is 2. The molecule has 0 atom stereocenters. The molecule has 0 spiro atoms. The lowest BCUT2D eigenvalue weighted by Gasteiger charge is -2.20. The van der Waals surface area contributed by atoms with Gasteiger partial charge in [0.2, 0.25) is 5.95 Å². The normalized spacial score (nSPS) is 10.5. The van der Waals surface area contributed by atoms with Crippen LogP contribution in [0, 0.1) is 13.8 Å². The highest BCUT2D eigenvalue weighted by Crippen LogP contribution is 2.20. The maximum Gasteiger partial charge on any atom is 0.262 e. The molecule has 31 heavy (non-hydrogen) atoms. The number of hydrogen-bond acceptors (Lipinski definition) is 6. The lowest BCUT2D eigenvalue weighted by Crippen LogP contribution is -2.23. The number of rotatable bonds is 9. The smallest absolute Gasteiger partial charge is 0.262 e. The fraction of sp³-hybridized carbons (Fsp3) is 0.292. The van der Waals surface area contributed by atoms with Gasteiger partial charge < -0.3 is 20.3 Å². The second-order valence-corrected chi connectivity index (χ2v) is 7.17. The van der Waals surface area contributed by atoms with Crippen LogP contribution in [0.5, 0.6) is 5.75 Å². The summed E-state index contributed by atoms with van der Waals surface area (Å²) in [5.41, 5.74) is 3.42. The molecule has 2 N–H and O–H groups in total. The maximum atomic E-state index is 12.2. The molecule has 2 aromatic carbocycles. The Morgan fingerprint density at radius 1 is 0.968 bits per heavy atom. The lowest BCUT2D eigenvalue weighted by molar-refractivity contribution is -0.118. The van der Waals surface area contributed by atoms with E-state index >= 15 is 0 Å². The van der Waals surface area contributed by atoms with Gasteiger partial charge in [-0.15, -0.1) is 0 Å². The molecule has 7 nitrogen and oxygen atoms in total. The third kappa shape index (κ3) is 6.18. The van der Waals surface area contributed by atoms with E-state index in [1.165, 1.54) is 0 Å². The van der Waals surface area contributed by atoms with Gasteiger partial charge in [0.15, 0.2) is 6.61 Å². The first-order valence-electron chi connectivity index (χ1n) is 10.4. The highest BCUT2D eigenvalue weighted by Gasteiger charge is 2.09. The van der Waals surface area contributed by atoms with Crippen LogP contribution in [0.3, 0.4) is 0 Å². The number of anilines is 4. The molecule has 0 saturated heterocycles. The van der Waals surface area contributed by atoms with E-state index in [0.717, 1.165) is 35.9 Å². The van der Waals surface area contributed by atoms with E-state index < -0.39 is 0 Å².